The van der Waals surface area contributed by atoms with Crippen molar-refractivity contribution in [2.75, 3.05) is 6.61 Å². The van der Waals surface area contributed by atoms with Gasteiger partial charge in [-0.25, -0.2) is 0 Å². The first-order chi connectivity index (χ1) is 7.70. The van der Waals surface area contributed by atoms with E-state index in [4.69, 9.17) is 4.74 Å². The molecule has 0 aliphatic carbocycles. The molecular weight excluding hydrogens is 212 g/mol. The molecule has 1 unspecified atom stereocenters. The molecule has 0 rings (SSSR count). The molecule has 0 saturated heterocycles. The highest BCUT2D eigenvalue weighted by Gasteiger charge is 2.14. The summed E-state index contributed by atoms with van der Waals surface area (Å²) >= 11 is 0. The Hall–Kier alpha value is -0.370. The molecule has 0 fully saturated rings. The van der Waals surface area contributed by atoms with Crippen molar-refractivity contribution in [1.29, 1.82) is 0 Å². The van der Waals surface area contributed by atoms with Crippen LogP contribution < -0.4 is 0 Å². The number of Topliss-reactive ketones (excluding diaryl/α,β-unsaturated/α-hetero) is 1. The number of ketones is 1. The minimum absolute atomic E-state index is 0.212. The molecule has 0 aromatic carbocycles. The first kappa shape index (κ1) is 16.6. The van der Waals surface area contributed by atoms with Crippen LogP contribution in [0, 0.1) is 11.8 Å². The highest BCUT2D eigenvalue weighted by atomic mass is 16.5. The number of hydrogen-bond acceptors (Lipinski definition) is 2. The van der Waals surface area contributed by atoms with Gasteiger partial charge in [0.2, 0.25) is 0 Å². The van der Waals surface area contributed by atoms with Gasteiger partial charge in [-0.15, -0.1) is 0 Å². The summed E-state index contributed by atoms with van der Waals surface area (Å²) in [5, 5.41) is 0. The van der Waals surface area contributed by atoms with Crippen molar-refractivity contribution >= 4 is 5.78 Å². The van der Waals surface area contributed by atoms with Crippen molar-refractivity contribution in [3.05, 3.63) is 0 Å². The van der Waals surface area contributed by atoms with E-state index in [1.807, 2.05) is 20.8 Å². The molecule has 0 N–H and O–H groups in total. The molecule has 2 heteroatoms. The van der Waals surface area contributed by atoms with Gasteiger partial charge in [0.05, 0.1) is 5.60 Å². The van der Waals surface area contributed by atoms with E-state index in [1.165, 1.54) is 12.8 Å². The Morgan fingerprint density at radius 1 is 1.12 bits per heavy atom. The highest BCUT2D eigenvalue weighted by Crippen LogP contribution is 2.16. The van der Waals surface area contributed by atoms with Crippen molar-refractivity contribution in [2.24, 2.45) is 11.8 Å². The number of rotatable bonds is 8. The Morgan fingerprint density at radius 2 is 1.71 bits per heavy atom. The second-order valence-electron chi connectivity index (χ2n) is 6.57. The molecule has 1 atom stereocenters. The van der Waals surface area contributed by atoms with E-state index in [1.54, 1.807) is 0 Å². The summed E-state index contributed by atoms with van der Waals surface area (Å²) in [4.78, 5) is 11.7. The molecule has 0 aliphatic rings. The molecule has 0 bridgehead atoms. The summed E-state index contributed by atoms with van der Waals surface area (Å²) in [5.74, 6) is 1.49. The van der Waals surface area contributed by atoms with Gasteiger partial charge >= 0.3 is 0 Å². The molecule has 2 nitrogen and oxygen atoms in total. The Bertz CT molecular complexity index is 213. The predicted molar refractivity (Wildman–Crippen MR) is 73.2 cm³/mol. The molecule has 0 aliphatic heterocycles. The molecule has 0 spiro atoms. The highest BCUT2D eigenvalue weighted by molar-refractivity contribution is 5.79. The molecule has 0 amide bonds. The number of hydrogen-bond donors (Lipinski definition) is 0. The Kier molecular flexibility index (Phi) is 7.69. The third kappa shape index (κ3) is 11.9. The van der Waals surface area contributed by atoms with Gasteiger partial charge in [-0.2, -0.15) is 0 Å². The zero-order chi connectivity index (χ0) is 13.5. The van der Waals surface area contributed by atoms with Crippen molar-refractivity contribution in [1.82, 2.24) is 0 Å². The molecule has 0 heterocycles. The average Bonchev–Trinajstić information content (AvgIpc) is 2.13. The lowest BCUT2D eigenvalue weighted by Crippen LogP contribution is -2.24. The summed E-state index contributed by atoms with van der Waals surface area (Å²) in [5.41, 5.74) is -0.212. The van der Waals surface area contributed by atoms with Crippen LogP contribution in [0.1, 0.15) is 67.2 Å². The second kappa shape index (κ2) is 7.86. The maximum atomic E-state index is 11.7. The van der Waals surface area contributed by atoms with E-state index >= 15 is 0 Å². The van der Waals surface area contributed by atoms with Gasteiger partial charge in [-0.1, -0.05) is 40.0 Å². The fraction of sp³-hybridized carbons (Fsp3) is 0.933. The van der Waals surface area contributed by atoms with E-state index in [0.717, 1.165) is 12.3 Å². The van der Waals surface area contributed by atoms with Crippen LogP contribution in [-0.4, -0.2) is 18.0 Å². The van der Waals surface area contributed by atoms with Gasteiger partial charge in [0.1, 0.15) is 6.61 Å². The summed E-state index contributed by atoms with van der Waals surface area (Å²) in [6, 6.07) is 0. The van der Waals surface area contributed by atoms with Gasteiger partial charge < -0.3 is 4.74 Å². The number of carbonyl (C=O) groups is 1. The fourth-order valence-electron chi connectivity index (χ4n) is 1.72. The Labute approximate surface area is 107 Å². The zero-order valence-electron chi connectivity index (χ0n) is 12.5. The largest absolute Gasteiger partial charge is 0.368 e. The lowest BCUT2D eigenvalue weighted by Gasteiger charge is -2.19. The topological polar surface area (TPSA) is 26.3 Å². The molecule has 17 heavy (non-hydrogen) atoms. The van der Waals surface area contributed by atoms with Crippen LogP contribution in [0.5, 0.6) is 0 Å². The van der Waals surface area contributed by atoms with Crippen LogP contribution in [0.15, 0.2) is 0 Å². The van der Waals surface area contributed by atoms with Crippen molar-refractivity contribution in [3.63, 3.8) is 0 Å². The van der Waals surface area contributed by atoms with E-state index in [9.17, 15) is 4.79 Å². The summed E-state index contributed by atoms with van der Waals surface area (Å²) in [7, 11) is 0. The van der Waals surface area contributed by atoms with Crippen LogP contribution in [0.2, 0.25) is 0 Å². The van der Waals surface area contributed by atoms with E-state index in [-0.39, 0.29) is 18.0 Å². The fourth-order valence-corrected chi connectivity index (χ4v) is 1.72. The third-order valence-electron chi connectivity index (χ3n) is 2.72. The van der Waals surface area contributed by atoms with E-state index < -0.39 is 0 Å². The first-order valence-corrected chi connectivity index (χ1v) is 6.86. The number of ether oxygens (including phenoxy) is 1. The van der Waals surface area contributed by atoms with Crippen molar-refractivity contribution in [2.45, 2.75) is 72.8 Å². The van der Waals surface area contributed by atoms with Crippen LogP contribution in [0.25, 0.3) is 0 Å². The van der Waals surface area contributed by atoms with Gasteiger partial charge in [0.25, 0.3) is 0 Å². The maximum Gasteiger partial charge on any atom is 0.158 e. The minimum atomic E-state index is -0.212. The first-order valence-electron chi connectivity index (χ1n) is 6.86. The predicted octanol–water partition coefficient (Wildman–Crippen LogP) is 4.22. The van der Waals surface area contributed by atoms with Gasteiger partial charge in [-0.05, 0) is 32.6 Å². The summed E-state index contributed by atoms with van der Waals surface area (Å²) in [6.45, 7) is 12.8. The molecule has 0 aromatic rings. The lowest BCUT2D eigenvalue weighted by atomic mass is 9.96. The average molecular weight is 242 g/mol. The van der Waals surface area contributed by atoms with Crippen LogP contribution >= 0.6 is 0 Å². The quantitative estimate of drug-likeness (QED) is 0.637. The van der Waals surface area contributed by atoms with Crippen molar-refractivity contribution < 1.29 is 9.53 Å². The van der Waals surface area contributed by atoms with E-state index in [2.05, 4.69) is 20.8 Å². The Morgan fingerprint density at radius 3 is 2.18 bits per heavy atom. The standard InChI is InChI=1S/C15H30O2/c1-12(2)8-7-9-13(3)10-14(16)11-17-15(4,5)6/h12-13H,7-11H2,1-6H3. The minimum Gasteiger partial charge on any atom is -0.368 e. The third-order valence-corrected chi connectivity index (χ3v) is 2.72. The van der Waals surface area contributed by atoms with Crippen LogP contribution in [0.3, 0.4) is 0 Å². The maximum absolute atomic E-state index is 11.7. The SMILES string of the molecule is CC(C)CCCC(C)CC(=O)COC(C)(C)C. The van der Waals surface area contributed by atoms with Gasteiger partial charge in [0, 0.05) is 6.42 Å². The van der Waals surface area contributed by atoms with E-state index in [0.29, 0.717) is 12.3 Å². The normalized spacial score (nSPS) is 14.1. The molecule has 0 radical (unpaired) electrons. The molecular formula is C15H30O2. The molecule has 0 saturated carbocycles. The van der Waals surface area contributed by atoms with Gasteiger partial charge in [0.15, 0.2) is 5.78 Å². The van der Waals surface area contributed by atoms with Gasteiger partial charge in [-0.3, -0.25) is 4.79 Å². The van der Waals surface area contributed by atoms with Crippen LogP contribution in [0.4, 0.5) is 0 Å². The smallest absolute Gasteiger partial charge is 0.158 e. The second-order valence-corrected chi connectivity index (χ2v) is 6.57. The monoisotopic (exact) mass is 242 g/mol. The summed E-state index contributed by atoms with van der Waals surface area (Å²) < 4.78 is 5.49. The Balaban J connectivity index is 3.66. The molecule has 102 valence electrons. The van der Waals surface area contributed by atoms with Crippen LogP contribution in [-0.2, 0) is 9.53 Å². The summed E-state index contributed by atoms with van der Waals surface area (Å²) in [6.07, 6.45) is 4.30. The zero-order valence-corrected chi connectivity index (χ0v) is 12.5. The number of carbonyl (C=O) groups excluding carboxylic acids is 1. The van der Waals surface area contributed by atoms with Crippen molar-refractivity contribution in [3.8, 4) is 0 Å². The lowest BCUT2D eigenvalue weighted by molar-refractivity contribution is -0.129. The molecule has 0 aromatic heterocycles.